The molecule has 11 rings (SSSR count). The topological polar surface area (TPSA) is 58.9 Å². The van der Waals surface area contributed by atoms with Gasteiger partial charge < -0.3 is 5.11 Å². The highest BCUT2D eigenvalue weighted by Gasteiger charge is 2.23. The van der Waals surface area contributed by atoms with Crippen LogP contribution < -0.4 is 0 Å². The van der Waals surface area contributed by atoms with E-state index in [9.17, 15) is 5.11 Å². The first-order valence-electron chi connectivity index (χ1n) is 19.2. The number of phenolic OH excluding ortho intramolecular Hbond substituents is 1. The Labute approximate surface area is 329 Å². The van der Waals surface area contributed by atoms with E-state index in [1.165, 1.54) is 16.2 Å². The van der Waals surface area contributed by atoms with E-state index in [4.69, 9.17) is 15.0 Å². The number of hydrogen-bond donors (Lipinski definition) is 1. The molecule has 266 valence electrons. The third-order valence-electron chi connectivity index (χ3n) is 11.2. The second-order valence-electron chi connectivity index (χ2n) is 14.5. The summed E-state index contributed by atoms with van der Waals surface area (Å²) in [4.78, 5) is 15.9. The second-order valence-corrected chi connectivity index (χ2v) is 14.5. The number of rotatable bonds is 5. The third-order valence-corrected chi connectivity index (χ3v) is 11.2. The maximum absolute atomic E-state index is 12.5. The summed E-state index contributed by atoms with van der Waals surface area (Å²) in [7, 11) is 0. The molecule has 57 heavy (non-hydrogen) atoms. The van der Waals surface area contributed by atoms with Gasteiger partial charge in [-0.2, -0.15) is 0 Å². The van der Waals surface area contributed by atoms with Crippen molar-refractivity contribution in [3.8, 4) is 62.2 Å². The Kier molecular flexibility index (Phi) is 7.61. The molecule has 0 aliphatic heterocycles. The number of hydrogen-bond acceptors (Lipinski definition) is 4. The molecular formula is C53H33N3O. The molecule has 0 amide bonds. The van der Waals surface area contributed by atoms with E-state index < -0.39 is 0 Å². The highest BCUT2D eigenvalue weighted by molar-refractivity contribution is 6.13. The van der Waals surface area contributed by atoms with Gasteiger partial charge in [-0.25, -0.2) is 15.0 Å². The minimum absolute atomic E-state index is 0.173. The zero-order chi connectivity index (χ0) is 37.9. The van der Waals surface area contributed by atoms with E-state index in [1.807, 2.05) is 54.6 Å². The lowest BCUT2D eigenvalue weighted by Gasteiger charge is -2.17. The third kappa shape index (κ3) is 5.50. The van der Waals surface area contributed by atoms with Crippen LogP contribution in [-0.4, -0.2) is 20.1 Å². The van der Waals surface area contributed by atoms with Crippen molar-refractivity contribution >= 4 is 53.9 Å². The molecule has 0 radical (unpaired) electrons. The van der Waals surface area contributed by atoms with Crippen LogP contribution in [0.15, 0.2) is 194 Å². The molecule has 4 heteroatoms. The van der Waals surface area contributed by atoms with Gasteiger partial charge in [0.25, 0.3) is 0 Å². The fourth-order valence-corrected chi connectivity index (χ4v) is 8.48. The number of phenols is 1. The van der Waals surface area contributed by atoms with Crippen molar-refractivity contribution in [2.24, 2.45) is 0 Å². The van der Waals surface area contributed by atoms with Crippen molar-refractivity contribution in [1.82, 2.24) is 15.0 Å². The molecule has 1 aromatic heterocycles. The molecule has 10 aromatic carbocycles. The van der Waals surface area contributed by atoms with Crippen molar-refractivity contribution in [2.45, 2.75) is 0 Å². The number of aromatic hydroxyl groups is 1. The average Bonchev–Trinajstić information content (AvgIpc) is 3.28. The number of nitrogens with zero attached hydrogens (tertiary/aromatic N) is 3. The maximum Gasteiger partial charge on any atom is 0.164 e. The van der Waals surface area contributed by atoms with Crippen LogP contribution in [-0.2, 0) is 0 Å². The van der Waals surface area contributed by atoms with Crippen molar-refractivity contribution < 1.29 is 5.11 Å². The SMILES string of the molecule is Oc1c(-c2cccc3ccccc23)ccc(-c2nc(-c3ccc4ccc5ccccc5c4c3)nc(-c3cc4ccccc4c4ccccc34)n2)c1-c1ccccc1. The molecule has 0 saturated carbocycles. The summed E-state index contributed by atoms with van der Waals surface area (Å²) >= 11 is 0. The Morgan fingerprint density at radius 2 is 0.807 bits per heavy atom. The van der Waals surface area contributed by atoms with Crippen molar-refractivity contribution in [3.05, 3.63) is 194 Å². The monoisotopic (exact) mass is 727 g/mol. The molecule has 0 saturated heterocycles. The Hall–Kier alpha value is -7.69. The lowest BCUT2D eigenvalue weighted by molar-refractivity contribution is 0.479. The van der Waals surface area contributed by atoms with Gasteiger partial charge in [-0.15, -0.1) is 0 Å². The smallest absolute Gasteiger partial charge is 0.164 e. The van der Waals surface area contributed by atoms with Gasteiger partial charge in [0.05, 0.1) is 0 Å². The van der Waals surface area contributed by atoms with Crippen LogP contribution in [0.5, 0.6) is 5.75 Å². The van der Waals surface area contributed by atoms with Crippen LogP contribution in [0, 0.1) is 0 Å². The van der Waals surface area contributed by atoms with Crippen molar-refractivity contribution in [1.29, 1.82) is 0 Å². The van der Waals surface area contributed by atoms with E-state index in [0.29, 0.717) is 28.6 Å². The first-order chi connectivity index (χ1) is 28.2. The zero-order valence-electron chi connectivity index (χ0n) is 30.8. The molecule has 0 fully saturated rings. The zero-order valence-corrected chi connectivity index (χ0v) is 30.8. The second kappa shape index (κ2) is 13.3. The minimum atomic E-state index is 0.173. The van der Waals surface area contributed by atoms with Crippen molar-refractivity contribution in [3.63, 3.8) is 0 Å². The number of benzene rings is 10. The molecule has 0 aliphatic rings. The summed E-state index contributed by atoms with van der Waals surface area (Å²) < 4.78 is 0. The van der Waals surface area contributed by atoms with E-state index in [-0.39, 0.29) is 5.75 Å². The van der Waals surface area contributed by atoms with E-state index in [0.717, 1.165) is 65.5 Å². The van der Waals surface area contributed by atoms with E-state index in [1.54, 1.807) is 0 Å². The Balaban J connectivity index is 1.21. The lowest BCUT2D eigenvalue weighted by Crippen LogP contribution is -2.02. The van der Waals surface area contributed by atoms with Gasteiger partial charge in [0.1, 0.15) is 5.75 Å². The van der Waals surface area contributed by atoms with Crippen LogP contribution in [0.3, 0.4) is 0 Å². The molecule has 4 nitrogen and oxygen atoms in total. The highest BCUT2D eigenvalue weighted by Crippen LogP contribution is 2.46. The van der Waals surface area contributed by atoms with Crippen molar-refractivity contribution in [2.75, 3.05) is 0 Å². The first kappa shape index (κ1) is 32.7. The molecule has 1 heterocycles. The summed E-state index contributed by atoms with van der Waals surface area (Å²) in [5, 5.41) is 23.8. The molecule has 1 N–H and O–H groups in total. The van der Waals surface area contributed by atoms with Gasteiger partial charge in [-0.1, -0.05) is 170 Å². The van der Waals surface area contributed by atoms with Gasteiger partial charge in [-0.05, 0) is 89.3 Å². The van der Waals surface area contributed by atoms with Gasteiger partial charge in [0, 0.05) is 27.8 Å². The van der Waals surface area contributed by atoms with Gasteiger partial charge in [0.2, 0.25) is 0 Å². The predicted octanol–water partition coefficient (Wildman–Crippen LogP) is 13.7. The van der Waals surface area contributed by atoms with Gasteiger partial charge in [-0.3, -0.25) is 0 Å². The minimum Gasteiger partial charge on any atom is -0.507 e. The van der Waals surface area contributed by atoms with Crippen LogP contribution in [0.25, 0.3) is 110 Å². The lowest BCUT2D eigenvalue weighted by atomic mass is 9.90. The quantitative estimate of drug-likeness (QED) is 0.179. The van der Waals surface area contributed by atoms with Gasteiger partial charge >= 0.3 is 0 Å². The van der Waals surface area contributed by atoms with E-state index >= 15 is 0 Å². The molecule has 11 aromatic rings. The summed E-state index contributed by atoms with van der Waals surface area (Å²) in [6.07, 6.45) is 0. The van der Waals surface area contributed by atoms with Crippen LogP contribution in [0.2, 0.25) is 0 Å². The predicted molar refractivity (Wildman–Crippen MR) is 236 cm³/mol. The molecular weight excluding hydrogens is 695 g/mol. The number of aromatic nitrogens is 3. The molecule has 0 spiro atoms. The average molecular weight is 728 g/mol. The Morgan fingerprint density at radius 3 is 1.58 bits per heavy atom. The molecule has 0 atom stereocenters. The van der Waals surface area contributed by atoms with Gasteiger partial charge in [0.15, 0.2) is 17.5 Å². The summed E-state index contributed by atoms with van der Waals surface area (Å²) in [6.45, 7) is 0. The largest absolute Gasteiger partial charge is 0.507 e. The summed E-state index contributed by atoms with van der Waals surface area (Å²) in [5.41, 5.74) is 5.73. The fourth-order valence-electron chi connectivity index (χ4n) is 8.48. The van der Waals surface area contributed by atoms with Crippen LogP contribution in [0.4, 0.5) is 0 Å². The fraction of sp³-hybridized carbons (Fsp3) is 0. The van der Waals surface area contributed by atoms with E-state index in [2.05, 4.69) is 140 Å². The standard InChI is InChI=1S/C53H33N3O/c57-50-45(43-24-12-18-33-13-4-7-19-39(33)43)29-30-46(49(50)36-15-2-1-3-16-36)52-54-51(38-28-27-35-26-25-34-14-5-8-20-40(34)47(35)32-38)55-53(56-52)48-31-37-17-6-9-21-41(37)42-22-10-11-23-44(42)48/h1-32,57H. The number of fused-ring (bicyclic) bond motifs is 7. The van der Waals surface area contributed by atoms with Crippen LogP contribution >= 0.6 is 0 Å². The molecule has 0 unspecified atom stereocenters. The molecule has 0 bridgehead atoms. The Bertz CT molecular complexity index is 3370. The highest BCUT2D eigenvalue weighted by atomic mass is 16.3. The molecule has 0 aliphatic carbocycles. The summed E-state index contributed by atoms with van der Waals surface area (Å²) in [5.74, 6) is 1.76. The Morgan fingerprint density at radius 1 is 0.281 bits per heavy atom. The summed E-state index contributed by atoms with van der Waals surface area (Å²) in [6, 6.07) is 66.9. The first-order valence-corrected chi connectivity index (χ1v) is 19.2. The van der Waals surface area contributed by atoms with Crippen LogP contribution in [0.1, 0.15) is 0 Å². The normalized spacial score (nSPS) is 11.6. The maximum atomic E-state index is 12.5.